The van der Waals surface area contributed by atoms with E-state index in [0.717, 1.165) is 17.5 Å². The third-order valence-corrected chi connectivity index (χ3v) is 3.01. The number of nitrogens with zero attached hydrogens (tertiary/aromatic N) is 1. The summed E-state index contributed by atoms with van der Waals surface area (Å²) in [5.74, 6) is 0.125. The van der Waals surface area contributed by atoms with Gasteiger partial charge < -0.3 is 5.11 Å². The predicted molar refractivity (Wildman–Crippen MR) is 72.8 cm³/mol. The van der Waals surface area contributed by atoms with E-state index in [9.17, 15) is 9.90 Å². The van der Waals surface area contributed by atoms with E-state index >= 15 is 0 Å². The molecule has 1 aliphatic heterocycles. The second-order valence-electron chi connectivity index (χ2n) is 4.48. The molecular formula is C15H17NO2. The van der Waals surface area contributed by atoms with Gasteiger partial charge in [-0.05, 0) is 25.0 Å². The monoisotopic (exact) mass is 243 g/mol. The van der Waals surface area contributed by atoms with Crippen molar-refractivity contribution in [2.45, 2.75) is 19.8 Å². The third kappa shape index (κ3) is 2.93. The number of carbonyl (C=O) groups excluding carboxylic acids is 1. The van der Waals surface area contributed by atoms with Crippen LogP contribution in [0.2, 0.25) is 0 Å². The lowest BCUT2D eigenvalue weighted by Crippen LogP contribution is -2.11. The summed E-state index contributed by atoms with van der Waals surface area (Å²) in [6, 6.07) is 7.85. The van der Waals surface area contributed by atoms with Gasteiger partial charge in [-0.2, -0.15) is 0 Å². The highest BCUT2D eigenvalue weighted by atomic mass is 16.3. The number of aliphatic hydroxyl groups excluding tert-OH is 1. The molecule has 0 amide bonds. The molecule has 3 heteroatoms. The minimum atomic E-state index is -0.122. The molecule has 3 nitrogen and oxygen atoms in total. The van der Waals surface area contributed by atoms with Crippen molar-refractivity contribution in [3.63, 3.8) is 0 Å². The van der Waals surface area contributed by atoms with Crippen LogP contribution in [0.15, 0.2) is 35.3 Å². The van der Waals surface area contributed by atoms with E-state index in [1.54, 1.807) is 6.08 Å². The van der Waals surface area contributed by atoms with E-state index in [4.69, 9.17) is 0 Å². The predicted octanol–water partition coefficient (Wildman–Crippen LogP) is 2.17. The minimum absolute atomic E-state index is 0.122. The summed E-state index contributed by atoms with van der Waals surface area (Å²) in [5.41, 5.74) is 3.29. The van der Waals surface area contributed by atoms with Crippen molar-refractivity contribution in [1.82, 2.24) is 0 Å². The van der Waals surface area contributed by atoms with E-state index in [-0.39, 0.29) is 12.4 Å². The Morgan fingerprint density at radius 1 is 1.28 bits per heavy atom. The number of benzene rings is 1. The summed E-state index contributed by atoms with van der Waals surface area (Å²) >= 11 is 0. The summed E-state index contributed by atoms with van der Waals surface area (Å²) in [7, 11) is 0. The molecule has 0 bridgehead atoms. The van der Waals surface area contributed by atoms with E-state index < -0.39 is 0 Å². The quantitative estimate of drug-likeness (QED) is 0.865. The van der Waals surface area contributed by atoms with Crippen LogP contribution in [0.25, 0.3) is 5.57 Å². The van der Waals surface area contributed by atoms with E-state index in [1.807, 2.05) is 31.2 Å². The average Bonchev–Trinajstić information content (AvgIpc) is 2.36. The fourth-order valence-electron chi connectivity index (χ4n) is 1.96. The normalized spacial score (nSPS) is 19.6. The summed E-state index contributed by atoms with van der Waals surface area (Å²) in [5, 5.41) is 9.22. The topological polar surface area (TPSA) is 49.7 Å². The Morgan fingerprint density at radius 2 is 2.00 bits per heavy atom. The van der Waals surface area contributed by atoms with Crippen LogP contribution in [0.3, 0.4) is 0 Å². The van der Waals surface area contributed by atoms with Crippen molar-refractivity contribution in [3.8, 4) is 0 Å². The highest BCUT2D eigenvalue weighted by Crippen LogP contribution is 2.20. The second kappa shape index (κ2) is 5.74. The Labute approximate surface area is 107 Å². The van der Waals surface area contributed by atoms with Gasteiger partial charge in [0.2, 0.25) is 0 Å². The maximum atomic E-state index is 12.1. The first-order chi connectivity index (χ1) is 8.70. The van der Waals surface area contributed by atoms with Crippen LogP contribution in [-0.2, 0) is 4.79 Å². The molecule has 0 aromatic heterocycles. The first-order valence-corrected chi connectivity index (χ1v) is 6.17. The van der Waals surface area contributed by atoms with Crippen molar-refractivity contribution < 1.29 is 9.90 Å². The lowest BCUT2D eigenvalue weighted by molar-refractivity contribution is -0.113. The number of hydrogen-bond donors (Lipinski definition) is 1. The van der Waals surface area contributed by atoms with Crippen molar-refractivity contribution >= 4 is 17.1 Å². The average molecular weight is 243 g/mol. The zero-order chi connectivity index (χ0) is 13.0. The SMILES string of the molecule is Cc1ccc(/C2=C/C(CO)=NCCCC2=O)cc1. The molecule has 1 aliphatic rings. The van der Waals surface area contributed by atoms with Gasteiger partial charge in [0, 0.05) is 18.5 Å². The number of hydrogen-bond acceptors (Lipinski definition) is 3. The van der Waals surface area contributed by atoms with Gasteiger partial charge in [0.1, 0.15) is 0 Å². The lowest BCUT2D eigenvalue weighted by Gasteiger charge is -2.11. The first kappa shape index (κ1) is 12.7. The molecule has 0 atom stereocenters. The van der Waals surface area contributed by atoms with Crippen LogP contribution >= 0.6 is 0 Å². The summed E-state index contributed by atoms with van der Waals surface area (Å²) in [4.78, 5) is 16.4. The number of carbonyl (C=O) groups is 1. The van der Waals surface area contributed by atoms with Crippen LogP contribution in [0.5, 0.6) is 0 Å². The molecule has 0 spiro atoms. The summed E-state index contributed by atoms with van der Waals surface area (Å²) in [6.45, 7) is 2.50. The molecule has 1 heterocycles. The number of allylic oxidation sites excluding steroid dienone is 1. The lowest BCUT2D eigenvalue weighted by atomic mass is 9.96. The Balaban J connectivity index is 2.42. The van der Waals surface area contributed by atoms with E-state index in [0.29, 0.717) is 24.3 Å². The number of Topliss-reactive ketones (excluding diaryl/α,β-unsaturated/α-hetero) is 1. The number of ketones is 1. The minimum Gasteiger partial charge on any atom is -0.390 e. The maximum Gasteiger partial charge on any atom is 0.163 e. The van der Waals surface area contributed by atoms with Crippen molar-refractivity contribution in [3.05, 3.63) is 41.5 Å². The summed E-state index contributed by atoms with van der Waals surface area (Å²) < 4.78 is 0. The third-order valence-electron chi connectivity index (χ3n) is 3.01. The van der Waals surface area contributed by atoms with Crippen LogP contribution in [0, 0.1) is 6.92 Å². The second-order valence-corrected chi connectivity index (χ2v) is 4.48. The molecule has 0 saturated carbocycles. The molecule has 0 unspecified atom stereocenters. The highest BCUT2D eigenvalue weighted by Gasteiger charge is 2.14. The van der Waals surface area contributed by atoms with E-state index in [2.05, 4.69) is 4.99 Å². The smallest absolute Gasteiger partial charge is 0.163 e. The fourth-order valence-corrected chi connectivity index (χ4v) is 1.96. The molecule has 0 saturated heterocycles. The van der Waals surface area contributed by atoms with Crippen molar-refractivity contribution in [2.75, 3.05) is 13.2 Å². The highest BCUT2D eigenvalue weighted by molar-refractivity contribution is 6.25. The van der Waals surface area contributed by atoms with Gasteiger partial charge >= 0.3 is 0 Å². The van der Waals surface area contributed by atoms with Gasteiger partial charge in [0.25, 0.3) is 0 Å². The number of aliphatic imine (C=N–C) groups is 1. The van der Waals surface area contributed by atoms with Crippen LogP contribution < -0.4 is 0 Å². The molecule has 0 fully saturated rings. The standard InChI is InChI=1S/C15H17NO2/c1-11-4-6-12(7-5-11)14-9-13(10-17)16-8-2-3-15(14)18/h4-7,9,17H,2-3,8,10H2,1H3/b14-9-,16-13?. The Morgan fingerprint density at radius 3 is 2.67 bits per heavy atom. The molecule has 1 aromatic rings. The molecule has 18 heavy (non-hydrogen) atoms. The maximum absolute atomic E-state index is 12.1. The molecular weight excluding hydrogens is 226 g/mol. The van der Waals surface area contributed by atoms with Crippen molar-refractivity contribution in [1.29, 1.82) is 0 Å². The first-order valence-electron chi connectivity index (χ1n) is 6.17. The molecule has 0 radical (unpaired) electrons. The fraction of sp³-hybridized carbons (Fsp3) is 0.333. The molecule has 1 N–H and O–H groups in total. The Bertz CT molecular complexity index is 498. The molecule has 94 valence electrons. The molecule has 0 aliphatic carbocycles. The van der Waals surface area contributed by atoms with Gasteiger partial charge in [-0.3, -0.25) is 9.79 Å². The van der Waals surface area contributed by atoms with Crippen LogP contribution in [0.4, 0.5) is 0 Å². The van der Waals surface area contributed by atoms with Gasteiger partial charge in [-0.1, -0.05) is 29.8 Å². The number of aryl methyl sites for hydroxylation is 1. The zero-order valence-corrected chi connectivity index (χ0v) is 10.5. The van der Waals surface area contributed by atoms with Gasteiger partial charge in [-0.25, -0.2) is 0 Å². The van der Waals surface area contributed by atoms with Gasteiger partial charge in [0.05, 0.1) is 12.3 Å². The van der Waals surface area contributed by atoms with Crippen LogP contribution in [-0.4, -0.2) is 29.8 Å². The number of aliphatic hydroxyl groups is 1. The molecule has 2 rings (SSSR count). The van der Waals surface area contributed by atoms with Crippen molar-refractivity contribution in [2.24, 2.45) is 4.99 Å². The van der Waals surface area contributed by atoms with E-state index in [1.165, 1.54) is 0 Å². The Hall–Kier alpha value is -1.74. The number of rotatable bonds is 2. The van der Waals surface area contributed by atoms with Gasteiger partial charge in [-0.15, -0.1) is 0 Å². The largest absolute Gasteiger partial charge is 0.390 e. The molecule has 1 aromatic carbocycles. The van der Waals surface area contributed by atoms with Crippen LogP contribution in [0.1, 0.15) is 24.0 Å². The van der Waals surface area contributed by atoms with Gasteiger partial charge in [0.15, 0.2) is 5.78 Å². The summed E-state index contributed by atoms with van der Waals surface area (Å²) in [6.07, 6.45) is 2.97. The zero-order valence-electron chi connectivity index (χ0n) is 10.5. The Kier molecular flexibility index (Phi) is 4.05.